The Bertz CT molecular complexity index is 496. The molecule has 2 rings (SSSR count). The van der Waals surface area contributed by atoms with Crippen molar-refractivity contribution in [3.63, 3.8) is 0 Å². The fourth-order valence-electron chi connectivity index (χ4n) is 1.87. The van der Waals surface area contributed by atoms with Crippen molar-refractivity contribution >= 4 is 32.8 Å². The molecule has 2 heterocycles. The van der Waals surface area contributed by atoms with Gasteiger partial charge in [0, 0.05) is 25.5 Å². The van der Waals surface area contributed by atoms with Gasteiger partial charge in [0.05, 0.1) is 11.6 Å². The lowest BCUT2D eigenvalue weighted by molar-refractivity contribution is 0.779. The fraction of sp³-hybridized carbons (Fsp3) is 0.545. The van der Waals surface area contributed by atoms with E-state index in [4.69, 9.17) is 0 Å². The van der Waals surface area contributed by atoms with Crippen molar-refractivity contribution in [3.05, 3.63) is 12.5 Å². The van der Waals surface area contributed by atoms with Gasteiger partial charge in [-0.25, -0.2) is 9.97 Å². The minimum absolute atomic E-state index is 0.882. The molecule has 0 aromatic carbocycles. The SMILES string of the molecule is CCN(CCCBr)c1ncnc2c1cnn2C. The molecule has 2 aromatic rings. The number of hydrogen-bond acceptors (Lipinski definition) is 4. The van der Waals surface area contributed by atoms with E-state index in [1.807, 2.05) is 13.2 Å². The lowest BCUT2D eigenvalue weighted by Crippen LogP contribution is -2.25. The number of fused-ring (bicyclic) bond motifs is 1. The molecule has 0 N–H and O–H groups in total. The van der Waals surface area contributed by atoms with Crippen LogP contribution in [0.5, 0.6) is 0 Å². The summed E-state index contributed by atoms with van der Waals surface area (Å²) < 4.78 is 1.78. The quantitative estimate of drug-likeness (QED) is 0.792. The molecule has 2 aromatic heterocycles. The molecule has 0 amide bonds. The fourth-order valence-corrected chi connectivity index (χ4v) is 2.12. The molecular weight excluding hydrogens is 282 g/mol. The predicted molar refractivity (Wildman–Crippen MR) is 72.6 cm³/mol. The molecular formula is C11H16BrN5. The second-order valence-corrected chi connectivity index (χ2v) is 4.62. The summed E-state index contributed by atoms with van der Waals surface area (Å²) in [6, 6.07) is 0. The van der Waals surface area contributed by atoms with Crippen LogP contribution in [-0.4, -0.2) is 38.2 Å². The first-order valence-electron chi connectivity index (χ1n) is 5.71. The van der Waals surface area contributed by atoms with Crippen molar-refractivity contribution in [2.75, 3.05) is 23.3 Å². The number of hydrogen-bond donors (Lipinski definition) is 0. The molecule has 0 saturated heterocycles. The van der Waals surface area contributed by atoms with E-state index < -0.39 is 0 Å². The smallest absolute Gasteiger partial charge is 0.163 e. The zero-order valence-corrected chi connectivity index (χ0v) is 11.7. The van der Waals surface area contributed by atoms with Crippen molar-refractivity contribution in [1.82, 2.24) is 19.7 Å². The molecule has 0 fully saturated rings. The first-order chi connectivity index (χ1) is 8.27. The van der Waals surface area contributed by atoms with Crippen LogP contribution in [0.15, 0.2) is 12.5 Å². The topological polar surface area (TPSA) is 46.8 Å². The molecule has 0 bridgehead atoms. The Morgan fingerprint density at radius 2 is 2.24 bits per heavy atom. The van der Waals surface area contributed by atoms with Gasteiger partial charge in [-0.1, -0.05) is 15.9 Å². The lowest BCUT2D eigenvalue weighted by Gasteiger charge is -2.21. The number of aryl methyl sites for hydroxylation is 1. The van der Waals surface area contributed by atoms with Crippen LogP contribution in [0.4, 0.5) is 5.82 Å². The Balaban J connectivity index is 2.39. The van der Waals surface area contributed by atoms with E-state index in [2.05, 4.69) is 42.8 Å². The Morgan fingerprint density at radius 1 is 1.41 bits per heavy atom. The van der Waals surface area contributed by atoms with Crippen LogP contribution < -0.4 is 4.90 Å². The molecule has 6 heteroatoms. The number of alkyl halides is 1. The first-order valence-corrected chi connectivity index (χ1v) is 6.83. The van der Waals surface area contributed by atoms with Crippen molar-refractivity contribution in [2.24, 2.45) is 7.05 Å². The zero-order valence-electron chi connectivity index (χ0n) is 10.1. The van der Waals surface area contributed by atoms with Crippen molar-refractivity contribution in [3.8, 4) is 0 Å². The standard InChI is InChI=1S/C11H16BrN5/c1-3-17(6-4-5-12)11-9-7-15-16(2)10(9)13-8-14-11/h7-8H,3-6H2,1-2H3. The minimum atomic E-state index is 0.882. The molecule has 92 valence electrons. The Hall–Kier alpha value is -1.17. The molecule has 0 spiro atoms. The average molecular weight is 298 g/mol. The number of nitrogens with zero attached hydrogens (tertiary/aromatic N) is 5. The van der Waals surface area contributed by atoms with Gasteiger partial charge in [-0.3, -0.25) is 4.68 Å². The molecule has 0 unspecified atom stereocenters. The van der Waals surface area contributed by atoms with E-state index >= 15 is 0 Å². The third-order valence-corrected chi connectivity index (χ3v) is 3.31. The zero-order chi connectivity index (χ0) is 12.3. The van der Waals surface area contributed by atoms with Gasteiger partial charge in [0.25, 0.3) is 0 Å². The highest BCUT2D eigenvalue weighted by atomic mass is 79.9. The summed E-state index contributed by atoms with van der Waals surface area (Å²) in [7, 11) is 1.90. The van der Waals surface area contributed by atoms with E-state index in [1.54, 1.807) is 11.0 Å². The molecule has 0 saturated carbocycles. The predicted octanol–water partition coefficient (Wildman–Crippen LogP) is 1.97. The second kappa shape index (κ2) is 5.44. The van der Waals surface area contributed by atoms with Crippen molar-refractivity contribution in [1.29, 1.82) is 0 Å². The highest BCUT2D eigenvalue weighted by molar-refractivity contribution is 9.09. The summed E-state index contributed by atoms with van der Waals surface area (Å²) in [5.74, 6) is 0.978. The Kier molecular flexibility index (Phi) is 3.93. The van der Waals surface area contributed by atoms with Gasteiger partial charge in [-0.2, -0.15) is 5.10 Å². The van der Waals surface area contributed by atoms with E-state index in [1.165, 1.54) is 0 Å². The minimum Gasteiger partial charge on any atom is -0.356 e. The van der Waals surface area contributed by atoms with Gasteiger partial charge in [0.1, 0.15) is 12.1 Å². The van der Waals surface area contributed by atoms with Gasteiger partial charge in [0.15, 0.2) is 5.65 Å². The molecule has 5 nitrogen and oxygen atoms in total. The average Bonchev–Trinajstić information content (AvgIpc) is 2.73. The number of halogens is 1. The summed E-state index contributed by atoms with van der Waals surface area (Å²) in [4.78, 5) is 10.9. The van der Waals surface area contributed by atoms with E-state index in [0.717, 1.165) is 41.7 Å². The van der Waals surface area contributed by atoms with E-state index in [-0.39, 0.29) is 0 Å². The van der Waals surface area contributed by atoms with Gasteiger partial charge < -0.3 is 4.90 Å². The third-order valence-electron chi connectivity index (χ3n) is 2.75. The van der Waals surface area contributed by atoms with Crippen molar-refractivity contribution < 1.29 is 0 Å². The van der Waals surface area contributed by atoms with Gasteiger partial charge in [-0.15, -0.1) is 0 Å². The van der Waals surface area contributed by atoms with Crippen LogP contribution in [0.2, 0.25) is 0 Å². The summed E-state index contributed by atoms with van der Waals surface area (Å²) in [6.07, 6.45) is 4.54. The summed E-state index contributed by atoms with van der Waals surface area (Å²) in [5, 5.41) is 6.26. The largest absolute Gasteiger partial charge is 0.356 e. The normalized spacial score (nSPS) is 11.0. The van der Waals surface area contributed by atoms with Crippen LogP contribution in [0.25, 0.3) is 11.0 Å². The summed E-state index contributed by atoms with van der Waals surface area (Å²) in [6.45, 7) is 4.06. The van der Waals surface area contributed by atoms with Crippen molar-refractivity contribution in [2.45, 2.75) is 13.3 Å². The van der Waals surface area contributed by atoms with Crippen LogP contribution in [0, 0.1) is 0 Å². The number of aromatic nitrogens is 4. The molecule has 17 heavy (non-hydrogen) atoms. The summed E-state index contributed by atoms with van der Waals surface area (Å²) in [5.41, 5.74) is 0.882. The maximum atomic E-state index is 4.39. The molecule has 0 radical (unpaired) electrons. The monoisotopic (exact) mass is 297 g/mol. The number of anilines is 1. The first kappa shape index (κ1) is 12.3. The lowest BCUT2D eigenvalue weighted by atomic mass is 10.3. The van der Waals surface area contributed by atoms with Gasteiger partial charge in [0.2, 0.25) is 0 Å². The van der Waals surface area contributed by atoms with E-state index in [9.17, 15) is 0 Å². The van der Waals surface area contributed by atoms with Crippen LogP contribution in [0.3, 0.4) is 0 Å². The second-order valence-electron chi connectivity index (χ2n) is 3.82. The highest BCUT2D eigenvalue weighted by Gasteiger charge is 2.12. The Morgan fingerprint density at radius 3 is 2.94 bits per heavy atom. The Labute approximate surface area is 109 Å². The number of rotatable bonds is 5. The molecule has 0 aliphatic carbocycles. The van der Waals surface area contributed by atoms with Crippen LogP contribution in [-0.2, 0) is 7.05 Å². The molecule has 0 aliphatic rings. The van der Waals surface area contributed by atoms with Gasteiger partial charge >= 0.3 is 0 Å². The van der Waals surface area contributed by atoms with Gasteiger partial charge in [-0.05, 0) is 13.3 Å². The third kappa shape index (κ3) is 2.41. The maximum absolute atomic E-state index is 4.39. The molecule has 0 atom stereocenters. The van der Waals surface area contributed by atoms with Crippen LogP contribution >= 0.6 is 15.9 Å². The van der Waals surface area contributed by atoms with Crippen LogP contribution in [0.1, 0.15) is 13.3 Å². The molecule has 0 aliphatic heterocycles. The highest BCUT2D eigenvalue weighted by Crippen LogP contribution is 2.21. The van der Waals surface area contributed by atoms with E-state index in [0.29, 0.717) is 0 Å². The maximum Gasteiger partial charge on any atom is 0.163 e. The summed E-state index contributed by atoms with van der Waals surface area (Å²) >= 11 is 3.46.